The van der Waals surface area contributed by atoms with E-state index in [4.69, 9.17) is 9.98 Å². The fourth-order valence-corrected chi connectivity index (χ4v) is 4.32. The average Bonchev–Trinajstić information content (AvgIpc) is 3.09. The van der Waals surface area contributed by atoms with Crippen LogP contribution in [0.15, 0.2) is 108 Å². The van der Waals surface area contributed by atoms with E-state index in [2.05, 4.69) is 61.7 Å². The van der Waals surface area contributed by atoms with Gasteiger partial charge in [0.2, 0.25) is 0 Å². The molecule has 0 aliphatic heterocycles. The molecule has 154 valence electrons. The van der Waals surface area contributed by atoms with E-state index < -0.39 is 0 Å². The Hall–Kier alpha value is -4.04. The molecule has 32 heavy (non-hydrogen) atoms. The van der Waals surface area contributed by atoms with Gasteiger partial charge in [0.15, 0.2) is 0 Å². The summed E-state index contributed by atoms with van der Waals surface area (Å²) in [6, 6.07) is 29.0. The van der Waals surface area contributed by atoms with Crippen molar-refractivity contribution in [2.45, 2.75) is 13.8 Å². The first-order valence-corrected chi connectivity index (χ1v) is 10.7. The number of nitrogens with zero attached hydrogens (tertiary/aromatic N) is 2. The van der Waals surface area contributed by atoms with E-state index in [1.165, 1.54) is 10.8 Å². The van der Waals surface area contributed by atoms with Gasteiger partial charge in [-0.3, -0.25) is 0 Å². The van der Waals surface area contributed by atoms with Gasteiger partial charge in [-0.25, -0.2) is 9.98 Å². The third kappa shape index (κ3) is 3.30. The fraction of sp³-hybridized carbons (Fsp3) is 0.0667. The maximum Gasteiger partial charge on any atom is 0.0979 e. The van der Waals surface area contributed by atoms with Gasteiger partial charge in [0, 0.05) is 27.6 Å². The molecule has 2 nitrogen and oxygen atoms in total. The van der Waals surface area contributed by atoms with Crippen LogP contribution >= 0.6 is 0 Å². The van der Waals surface area contributed by atoms with Crippen LogP contribution in [0.25, 0.3) is 21.9 Å². The summed E-state index contributed by atoms with van der Waals surface area (Å²) < 4.78 is 0. The highest BCUT2D eigenvalue weighted by Crippen LogP contribution is 2.36. The van der Waals surface area contributed by atoms with E-state index in [0.717, 1.165) is 56.2 Å². The second kappa shape index (κ2) is 7.90. The van der Waals surface area contributed by atoms with E-state index in [-0.39, 0.29) is 0 Å². The molecular formula is C30H24N2. The van der Waals surface area contributed by atoms with Gasteiger partial charge < -0.3 is 0 Å². The normalized spacial score (nSPS) is 14.9. The SMILES string of the molecule is C=C(C)c1ccccc1N=C1C(=Nc2ccccc2C(=C)C)c2cccc3cccc1c23. The van der Waals surface area contributed by atoms with Crippen LogP contribution in [0.2, 0.25) is 0 Å². The molecule has 2 heteroatoms. The van der Waals surface area contributed by atoms with Crippen LogP contribution in [0, 0.1) is 0 Å². The van der Waals surface area contributed by atoms with Crippen molar-refractivity contribution in [3.8, 4) is 0 Å². The highest BCUT2D eigenvalue weighted by molar-refractivity contribution is 6.61. The second-order valence-electron chi connectivity index (χ2n) is 8.23. The number of allylic oxidation sites excluding steroid dienone is 2. The van der Waals surface area contributed by atoms with Gasteiger partial charge in [0.05, 0.1) is 22.8 Å². The summed E-state index contributed by atoms with van der Waals surface area (Å²) >= 11 is 0. The summed E-state index contributed by atoms with van der Waals surface area (Å²) in [5, 5.41) is 2.40. The number of hydrogen-bond donors (Lipinski definition) is 0. The predicted octanol–water partition coefficient (Wildman–Crippen LogP) is 8.16. The molecule has 1 aliphatic rings. The Bertz CT molecular complexity index is 1360. The Morgan fingerprint density at radius 3 is 1.44 bits per heavy atom. The van der Waals surface area contributed by atoms with Crippen molar-refractivity contribution in [3.63, 3.8) is 0 Å². The second-order valence-corrected chi connectivity index (χ2v) is 8.23. The van der Waals surface area contributed by atoms with Crippen LogP contribution < -0.4 is 0 Å². The topological polar surface area (TPSA) is 24.7 Å². The van der Waals surface area contributed by atoms with Gasteiger partial charge in [-0.05, 0) is 42.5 Å². The van der Waals surface area contributed by atoms with Crippen LogP contribution in [-0.4, -0.2) is 11.4 Å². The first-order valence-electron chi connectivity index (χ1n) is 10.7. The summed E-state index contributed by atoms with van der Waals surface area (Å²) in [5.41, 5.74) is 9.89. The lowest BCUT2D eigenvalue weighted by Gasteiger charge is -2.09. The minimum absolute atomic E-state index is 0.891. The molecule has 0 atom stereocenters. The third-order valence-corrected chi connectivity index (χ3v) is 5.83. The van der Waals surface area contributed by atoms with Gasteiger partial charge >= 0.3 is 0 Å². The zero-order valence-corrected chi connectivity index (χ0v) is 18.4. The third-order valence-electron chi connectivity index (χ3n) is 5.83. The molecule has 0 bridgehead atoms. The van der Waals surface area contributed by atoms with Gasteiger partial charge in [-0.2, -0.15) is 0 Å². The van der Waals surface area contributed by atoms with Crippen LogP contribution in [0.3, 0.4) is 0 Å². The van der Waals surface area contributed by atoms with E-state index in [0.29, 0.717) is 0 Å². The van der Waals surface area contributed by atoms with Gasteiger partial charge in [-0.15, -0.1) is 0 Å². The number of hydrogen-bond acceptors (Lipinski definition) is 2. The van der Waals surface area contributed by atoms with E-state index in [1.807, 2.05) is 50.2 Å². The summed E-state index contributed by atoms with van der Waals surface area (Å²) in [5.74, 6) is 0. The molecule has 0 saturated heterocycles. The first-order chi connectivity index (χ1) is 15.5. The molecule has 0 radical (unpaired) electrons. The highest BCUT2D eigenvalue weighted by atomic mass is 14.8. The van der Waals surface area contributed by atoms with Crippen molar-refractivity contribution >= 4 is 44.7 Å². The van der Waals surface area contributed by atoms with Crippen LogP contribution in [0.4, 0.5) is 11.4 Å². The fourth-order valence-electron chi connectivity index (χ4n) is 4.32. The lowest BCUT2D eigenvalue weighted by atomic mass is 10.0. The molecular weight excluding hydrogens is 388 g/mol. The number of para-hydroxylation sites is 2. The molecule has 0 aromatic heterocycles. The molecule has 0 amide bonds. The van der Waals surface area contributed by atoms with E-state index in [1.54, 1.807) is 0 Å². The molecule has 0 N–H and O–H groups in total. The molecule has 0 spiro atoms. The molecule has 0 heterocycles. The number of benzene rings is 4. The Kier molecular flexibility index (Phi) is 4.91. The van der Waals surface area contributed by atoms with Crippen molar-refractivity contribution in [2.75, 3.05) is 0 Å². The van der Waals surface area contributed by atoms with Crippen molar-refractivity contribution in [1.29, 1.82) is 0 Å². The minimum atomic E-state index is 0.891. The monoisotopic (exact) mass is 412 g/mol. The molecule has 1 aliphatic carbocycles. The van der Waals surface area contributed by atoms with Gasteiger partial charge in [0.1, 0.15) is 0 Å². The van der Waals surface area contributed by atoms with Gasteiger partial charge in [-0.1, -0.05) is 86.0 Å². The van der Waals surface area contributed by atoms with E-state index in [9.17, 15) is 0 Å². The van der Waals surface area contributed by atoms with Gasteiger partial charge in [0.25, 0.3) is 0 Å². The summed E-state index contributed by atoms with van der Waals surface area (Å²) in [7, 11) is 0. The number of aliphatic imine (C=N–C) groups is 2. The Morgan fingerprint density at radius 1 is 0.562 bits per heavy atom. The lowest BCUT2D eigenvalue weighted by molar-refractivity contribution is 1.45. The van der Waals surface area contributed by atoms with Crippen LogP contribution in [0.5, 0.6) is 0 Å². The average molecular weight is 413 g/mol. The summed E-state index contributed by atoms with van der Waals surface area (Å²) in [4.78, 5) is 10.3. The van der Waals surface area contributed by atoms with Crippen molar-refractivity contribution in [3.05, 3.63) is 120 Å². The molecule has 4 aromatic carbocycles. The minimum Gasteiger partial charge on any atom is -0.245 e. The van der Waals surface area contributed by atoms with Crippen molar-refractivity contribution < 1.29 is 0 Å². The summed E-state index contributed by atoms with van der Waals surface area (Å²) in [6.45, 7) is 12.3. The molecule has 0 saturated carbocycles. The lowest BCUT2D eigenvalue weighted by Crippen LogP contribution is -2.10. The molecule has 5 rings (SSSR count). The van der Waals surface area contributed by atoms with E-state index >= 15 is 0 Å². The van der Waals surface area contributed by atoms with Crippen molar-refractivity contribution in [1.82, 2.24) is 0 Å². The van der Waals surface area contributed by atoms with Crippen molar-refractivity contribution in [2.24, 2.45) is 9.98 Å². The number of rotatable bonds is 4. The molecule has 0 fully saturated rings. The smallest absolute Gasteiger partial charge is 0.0979 e. The Balaban J connectivity index is 1.82. The van der Waals surface area contributed by atoms with Crippen LogP contribution in [-0.2, 0) is 0 Å². The maximum atomic E-state index is 5.17. The summed E-state index contributed by atoms with van der Waals surface area (Å²) in [6.07, 6.45) is 0. The standard InChI is InChI=1S/C30H24N2/c1-19(2)22-13-5-7-17-26(22)31-29-24-15-9-11-21-12-10-16-25(28(21)24)30(29)32-27-18-8-6-14-23(27)20(3)4/h5-18H,1,3H2,2,4H3. The highest BCUT2D eigenvalue weighted by Gasteiger charge is 2.27. The largest absolute Gasteiger partial charge is 0.245 e. The zero-order valence-electron chi connectivity index (χ0n) is 18.4. The molecule has 0 unspecified atom stereocenters. The first kappa shape index (κ1) is 19.9. The molecule has 4 aromatic rings. The predicted molar refractivity (Wildman–Crippen MR) is 139 cm³/mol. The Labute approximate surface area is 189 Å². The van der Waals surface area contributed by atoms with Crippen LogP contribution in [0.1, 0.15) is 36.1 Å². The zero-order chi connectivity index (χ0) is 22.2. The Morgan fingerprint density at radius 2 is 1.00 bits per heavy atom. The quantitative estimate of drug-likeness (QED) is 0.323. The maximum absolute atomic E-state index is 5.17.